The van der Waals surface area contributed by atoms with Gasteiger partial charge < -0.3 is 10.5 Å². The number of halogens is 1. The molecule has 16 heavy (non-hydrogen) atoms. The number of nitrogen functional groups attached to an aromatic ring is 1. The second kappa shape index (κ2) is 4.37. The van der Waals surface area contributed by atoms with Crippen LogP contribution >= 0.6 is 11.6 Å². The Morgan fingerprint density at radius 2 is 2.00 bits per heavy atom. The van der Waals surface area contributed by atoms with Gasteiger partial charge in [-0.3, -0.25) is 0 Å². The van der Waals surface area contributed by atoms with Crippen LogP contribution in [0.25, 0.3) is 11.3 Å². The molecular formula is C11H10ClN3O. The average Bonchev–Trinajstić information content (AvgIpc) is 2.32. The number of aromatic nitrogens is 2. The molecule has 0 aliphatic heterocycles. The topological polar surface area (TPSA) is 61.0 Å². The third-order valence-electron chi connectivity index (χ3n) is 2.13. The fraction of sp³-hybridized carbons (Fsp3) is 0.0909. The lowest BCUT2D eigenvalue weighted by Crippen LogP contribution is -1.97. The molecule has 1 aromatic heterocycles. The van der Waals surface area contributed by atoms with Gasteiger partial charge in [0.05, 0.1) is 7.11 Å². The minimum atomic E-state index is 0.427. The highest BCUT2D eigenvalue weighted by atomic mass is 35.5. The summed E-state index contributed by atoms with van der Waals surface area (Å²) in [4.78, 5) is 8.26. The third kappa shape index (κ3) is 1.92. The normalized spacial score (nSPS) is 10.1. The second-order valence-electron chi connectivity index (χ2n) is 3.15. The van der Waals surface area contributed by atoms with Gasteiger partial charge in [0.15, 0.2) is 0 Å². The summed E-state index contributed by atoms with van der Waals surface area (Å²) in [6.07, 6.45) is 3.14. The first-order valence-electron chi connectivity index (χ1n) is 4.63. The van der Waals surface area contributed by atoms with Crippen molar-refractivity contribution in [3.63, 3.8) is 0 Å². The van der Waals surface area contributed by atoms with Crippen molar-refractivity contribution in [2.75, 3.05) is 12.8 Å². The molecule has 0 amide bonds. The van der Waals surface area contributed by atoms with Crippen molar-refractivity contribution in [1.82, 2.24) is 9.97 Å². The van der Waals surface area contributed by atoms with Crippen LogP contribution < -0.4 is 10.5 Å². The SMILES string of the molecule is COc1nccnc1-c1cc(Cl)ccc1N. The number of hydrogen-bond donors (Lipinski definition) is 1. The van der Waals surface area contributed by atoms with Crippen molar-refractivity contribution in [3.05, 3.63) is 35.6 Å². The Morgan fingerprint density at radius 3 is 2.75 bits per heavy atom. The van der Waals surface area contributed by atoms with E-state index in [1.165, 1.54) is 7.11 Å². The highest BCUT2D eigenvalue weighted by molar-refractivity contribution is 6.31. The zero-order chi connectivity index (χ0) is 11.5. The molecule has 0 saturated heterocycles. The number of ether oxygens (including phenoxy) is 1. The molecule has 2 aromatic rings. The molecule has 5 heteroatoms. The van der Waals surface area contributed by atoms with Gasteiger partial charge in [-0.1, -0.05) is 11.6 Å². The second-order valence-corrected chi connectivity index (χ2v) is 3.58. The third-order valence-corrected chi connectivity index (χ3v) is 2.36. The molecule has 0 fully saturated rings. The molecule has 4 nitrogen and oxygen atoms in total. The number of benzene rings is 1. The molecule has 0 spiro atoms. The smallest absolute Gasteiger partial charge is 0.240 e. The van der Waals surface area contributed by atoms with Gasteiger partial charge in [-0.25, -0.2) is 9.97 Å². The minimum absolute atomic E-state index is 0.427. The molecule has 0 bridgehead atoms. The van der Waals surface area contributed by atoms with E-state index in [0.29, 0.717) is 22.3 Å². The van der Waals surface area contributed by atoms with Gasteiger partial charge in [0.25, 0.3) is 0 Å². The van der Waals surface area contributed by atoms with Gasteiger partial charge in [-0.05, 0) is 18.2 Å². The van der Waals surface area contributed by atoms with Gasteiger partial charge in [-0.15, -0.1) is 0 Å². The van der Waals surface area contributed by atoms with Crippen LogP contribution in [-0.4, -0.2) is 17.1 Å². The van der Waals surface area contributed by atoms with E-state index in [2.05, 4.69) is 9.97 Å². The summed E-state index contributed by atoms with van der Waals surface area (Å²) in [5.41, 5.74) is 7.76. The molecule has 82 valence electrons. The van der Waals surface area contributed by atoms with E-state index in [9.17, 15) is 0 Å². The molecule has 0 saturated carbocycles. The Morgan fingerprint density at radius 1 is 1.25 bits per heavy atom. The number of anilines is 1. The van der Waals surface area contributed by atoms with Gasteiger partial charge in [0.1, 0.15) is 5.69 Å². The standard InChI is InChI=1S/C11H10ClN3O/c1-16-11-10(14-4-5-15-11)8-6-7(12)2-3-9(8)13/h2-6H,13H2,1H3. The average molecular weight is 236 g/mol. The van der Waals surface area contributed by atoms with Crippen LogP contribution in [0.5, 0.6) is 5.88 Å². The molecule has 0 unspecified atom stereocenters. The van der Waals surface area contributed by atoms with Crippen molar-refractivity contribution < 1.29 is 4.74 Å². The number of rotatable bonds is 2. The maximum absolute atomic E-state index is 5.92. The Balaban J connectivity index is 2.62. The molecule has 1 aromatic carbocycles. The lowest BCUT2D eigenvalue weighted by molar-refractivity contribution is 0.398. The zero-order valence-electron chi connectivity index (χ0n) is 8.64. The highest BCUT2D eigenvalue weighted by Gasteiger charge is 2.11. The van der Waals surface area contributed by atoms with Crippen molar-refractivity contribution >= 4 is 17.3 Å². The Bertz CT molecular complexity index is 516. The van der Waals surface area contributed by atoms with Gasteiger partial charge >= 0.3 is 0 Å². The maximum atomic E-state index is 5.92. The predicted molar refractivity (Wildman–Crippen MR) is 63.4 cm³/mol. The van der Waals surface area contributed by atoms with Crippen LogP contribution in [0.3, 0.4) is 0 Å². The maximum Gasteiger partial charge on any atom is 0.240 e. The van der Waals surface area contributed by atoms with E-state index in [1.807, 2.05) is 0 Å². The summed E-state index contributed by atoms with van der Waals surface area (Å²) in [6.45, 7) is 0. The first-order chi connectivity index (χ1) is 7.72. The van der Waals surface area contributed by atoms with Crippen LogP contribution in [0.15, 0.2) is 30.6 Å². The number of nitrogens with two attached hydrogens (primary N) is 1. The summed E-state index contributed by atoms with van der Waals surface area (Å²) >= 11 is 5.92. The molecule has 0 radical (unpaired) electrons. The summed E-state index contributed by atoms with van der Waals surface area (Å²) in [5.74, 6) is 0.427. The van der Waals surface area contributed by atoms with Crippen molar-refractivity contribution in [3.8, 4) is 17.1 Å². The van der Waals surface area contributed by atoms with E-state index in [-0.39, 0.29) is 0 Å². The monoisotopic (exact) mass is 235 g/mol. The van der Waals surface area contributed by atoms with E-state index < -0.39 is 0 Å². The molecule has 0 atom stereocenters. The van der Waals surface area contributed by atoms with Crippen molar-refractivity contribution in [1.29, 1.82) is 0 Å². The van der Waals surface area contributed by atoms with Crippen molar-refractivity contribution in [2.24, 2.45) is 0 Å². The summed E-state index contributed by atoms with van der Waals surface area (Å²) < 4.78 is 5.12. The fourth-order valence-electron chi connectivity index (χ4n) is 1.39. The summed E-state index contributed by atoms with van der Waals surface area (Å²) in [6, 6.07) is 5.19. The summed E-state index contributed by atoms with van der Waals surface area (Å²) in [5, 5.41) is 0.594. The lowest BCUT2D eigenvalue weighted by Gasteiger charge is -2.08. The number of nitrogens with zero attached hydrogens (tertiary/aromatic N) is 2. The summed E-state index contributed by atoms with van der Waals surface area (Å²) in [7, 11) is 1.54. The number of methoxy groups -OCH3 is 1. The molecule has 2 rings (SSSR count). The largest absolute Gasteiger partial charge is 0.479 e. The Hall–Kier alpha value is -1.81. The quantitative estimate of drug-likeness (QED) is 0.812. The molecule has 1 heterocycles. The molecule has 0 aliphatic carbocycles. The van der Waals surface area contributed by atoms with E-state index in [4.69, 9.17) is 22.1 Å². The first kappa shape index (κ1) is 10.7. The van der Waals surface area contributed by atoms with E-state index in [0.717, 1.165) is 5.56 Å². The number of hydrogen-bond acceptors (Lipinski definition) is 4. The highest BCUT2D eigenvalue weighted by Crippen LogP contribution is 2.31. The van der Waals surface area contributed by atoms with Gasteiger partial charge in [0, 0.05) is 28.7 Å². The lowest BCUT2D eigenvalue weighted by atomic mass is 10.1. The van der Waals surface area contributed by atoms with Gasteiger partial charge in [-0.2, -0.15) is 0 Å². The molecular weight excluding hydrogens is 226 g/mol. The van der Waals surface area contributed by atoms with Crippen LogP contribution in [0.2, 0.25) is 5.02 Å². The van der Waals surface area contributed by atoms with Crippen LogP contribution in [0.4, 0.5) is 5.69 Å². The molecule has 2 N–H and O–H groups in total. The zero-order valence-corrected chi connectivity index (χ0v) is 9.40. The predicted octanol–water partition coefficient (Wildman–Crippen LogP) is 2.39. The Labute approximate surface area is 98.0 Å². The first-order valence-corrected chi connectivity index (χ1v) is 5.00. The van der Waals surface area contributed by atoms with E-state index in [1.54, 1.807) is 30.6 Å². The van der Waals surface area contributed by atoms with Crippen molar-refractivity contribution in [2.45, 2.75) is 0 Å². The Kier molecular flexibility index (Phi) is 2.92. The molecule has 0 aliphatic rings. The van der Waals surface area contributed by atoms with Crippen LogP contribution in [0, 0.1) is 0 Å². The van der Waals surface area contributed by atoms with Crippen LogP contribution in [0.1, 0.15) is 0 Å². The van der Waals surface area contributed by atoms with Crippen LogP contribution in [-0.2, 0) is 0 Å². The van der Waals surface area contributed by atoms with Gasteiger partial charge in [0.2, 0.25) is 5.88 Å². The fourth-order valence-corrected chi connectivity index (χ4v) is 1.57. The minimum Gasteiger partial charge on any atom is -0.479 e. The van der Waals surface area contributed by atoms with E-state index >= 15 is 0 Å².